The molecule has 1 amide bonds. The Balaban J connectivity index is 1.55. The minimum Gasteiger partial charge on any atom is -0.490 e. The molecule has 8 heteroatoms. The Morgan fingerprint density at radius 2 is 1.78 bits per heavy atom. The molecule has 2 aromatic rings. The van der Waals surface area contributed by atoms with Crippen molar-refractivity contribution in [3.63, 3.8) is 0 Å². The Kier molecular flexibility index (Phi) is 8.06. The van der Waals surface area contributed by atoms with Gasteiger partial charge in [-0.05, 0) is 68.8 Å². The Morgan fingerprint density at radius 3 is 2.38 bits per heavy atom. The van der Waals surface area contributed by atoms with E-state index in [0.29, 0.717) is 31.9 Å². The van der Waals surface area contributed by atoms with Crippen molar-refractivity contribution in [3.05, 3.63) is 66.7 Å². The topological polar surface area (TPSA) is 79.0 Å². The molecule has 0 bridgehead atoms. The lowest BCUT2D eigenvalue weighted by molar-refractivity contribution is -0.120. The van der Waals surface area contributed by atoms with Crippen LogP contribution in [0.3, 0.4) is 0 Å². The quantitative estimate of drug-likeness (QED) is 0.553. The Hall–Kier alpha value is -2.68. The normalized spacial score (nSPS) is 15.5. The maximum Gasteiger partial charge on any atom is 0.243 e. The van der Waals surface area contributed by atoms with Gasteiger partial charge in [-0.15, -0.1) is 0 Å². The SMILES string of the molecule is C=CCOc1ccc(CN(C)[C@H](C)C(=O)Nc2ccc(S(=O)(=O)N3CCCC3)cc2)cc1. The van der Waals surface area contributed by atoms with Crippen molar-refractivity contribution < 1.29 is 17.9 Å². The van der Waals surface area contributed by atoms with Crippen LogP contribution in [0.15, 0.2) is 66.1 Å². The first-order valence-corrected chi connectivity index (χ1v) is 12.2. The van der Waals surface area contributed by atoms with Gasteiger partial charge in [-0.2, -0.15) is 4.31 Å². The van der Waals surface area contributed by atoms with Crippen LogP contribution in [0.5, 0.6) is 5.75 Å². The van der Waals surface area contributed by atoms with Crippen molar-refractivity contribution in [2.75, 3.05) is 32.1 Å². The zero-order chi connectivity index (χ0) is 23.1. The average molecular weight is 458 g/mol. The molecular weight excluding hydrogens is 426 g/mol. The third kappa shape index (κ3) is 5.97. The number of nitrogens with one attached hydrogen (secondary N) is 1. The molecule has 1 saturated heterocycles. The van der Waals surface area contributed by atoms with Crippen LogP contribution in [0.2, 0.25) is 0 Å². The molecule has 1 aliphatic rings. The lowest BCUT2D eigenvalue weighted by Gasteiger charge is -2.24. The summed E-state index contributed by atoms with van der Waals surface area (Å²) in [6.07, 6.45) is 3.49. The first kappa shape index (κ1) is 24.0. The van der Waals surface area contributed by atoms with Crippen molar-refractivity contribution in [2.45, 2.75) is 37.2 Å². The third-order valence-corrected chi connectivity index (χ3v) is 7.50. The van der Waals surface area contributed by atoms with E-state index in [2.05, 4.69) is 11.9 Å². The number of benzene rings is 2. The number of anilines is 1. The molecule has 0 aliphatic carbocycles. The summed E-state index contributed by atoms with van der Waals surface area (Å²) in [5.41, 5.74) is 1.63. The molecule has 0 saturated carbocycles. The van der Waals surface area contributed by atoms with Crippen LogP contribution in [0.4, 0.5) is 5.69 Å². The first-order chi connectivity index (χ1) is 15.3. The van der Waals surface area contributed by atoms with Crippen LogP contribution in [0.1, 0.15) is 25.3 Å². The number of sulfonamides is 1. The number of ether oxygens (including phenoxy) is 1. The molecule has 172 valence electrons. The van der Waals surface area contributed by atoms with Gasteiger partial charge in [-0.1, -0.05) is 24.8 Å². The number of rotatable bonds is 10. The van der Waals surface area contributed by atoms with Crippen LogP contribution >= 0.6 is 0 Å². The smallest absolute Gasteiger partial charge is 0.243 e. The Labute approximate surface area is 190 Å². The maximum absolute atomic E-state index is 12.7. The van der Waals surface area contributed by atoms with Gasteiger partial charge in [0.2, 0.25) is 15.9 Å². The molecule has 0 aromatic heterocycles. The summed E-state index contributed by atoms with van der Waals surface area (Å²) < 4.78 is 32.3. The zero-order valence-corrected chi connectivity index (χ0v) is 19.5. The highest BCUT2D eigenvalue weighted by molar-refractivity contribution is 7.89. The number of nitrogens with zero attached hydrogens (tertiary/aromatic N) is 2. The second kappa shape index (κ2) is 10.8. The highest BCUT2D eigenvalue weighted by Gasteiger charge is 2.27. The molecule has 1 heterocycles. The van der Waals surface area contributed by atoms with E-state index in [-0.39, 0.29) is 16.8 Å². The molecule has 0 radical (unpaired) electrons. The molecule has 2 aromatic carbocycles. The molecular formula is C24H31N3O4S. The number of carbonyl (C=O) groups excluding carboxylic acids is 1. The summed E-state index contributed by atoms with van der Waals surface area (Å²) in [5.74, 6) is 0.617. The minimum atomic E-state index is -3.46. The lowest BCUT2D eigenvalue weighted by Crippen LogP contribution is -2.39. The van der Waals surface area contributed by atoms with E-state index in [1.54, 1.807) is 30.3 Å². The predicted octanol–water partition coefficient (Wildman–Crippen LogP) is 3.49. The summed E-state index contributed by atoms with van der Waals surface area (Å²) in [6.45, 7) is 7.66. The van der Waals surface area contributed by atoms with Gasteiger partial charge in [0.25, 0.3) is 0 Å². The van der Waals surface area contributed by atoms with Gasteiger partial charge >= 0.3 is 0 Å². The fraction of sp³-hybridized carbons (Fsp3) is 0.375. The van der Waals surface area contributed by atoms with Crippen molar-refractivity contribution in [1.29, 1.82) is 0 Å². The fourth-order valence-electron chi connectivity index (χ4n) is 3.51. The summed E-state index contributed by atoms with van der Waals surface area (Å²) in [4.78, 5) is 14.9. The Bertz CT molecular complexity index is 1010. The molecule has 1 aliphatic heterocycles. The van der Waals surface area contributed by atoms with Crippen LogP contribution in [-0.2, 0) is 21.4 Å². The number of amides is 1. The molecule has 7 nitrogen and oxygen atoms in total. The van der Waals surface area contributed by atoms with Gasteiger partial charge < -0.3 is 10.1 Å². The van der Waals surface area contributed by atoms with E-state index in [4.69, 9.17) is 4.74 Å². The minimum absolute atomic E-state index is 0.159. The van der Waals surface area contributed by atoms with Crippen molar-refractivity contribution in [3.8, 4) is 5.75 Å². The van der Waals surface area contributed by atoms with E-state index in [1.165, 1.54) is 4.31 Å². The van der Waals surface area contributed by atoms with Gasteiger partial charge in [0.1, 0.15) is 12.4 Å². The number of hydrogen-bond donors (Lipinski definition) is 1. The van der Waals surface area contributed by atoms with Crippen molar-refractivity contribution >= 4 is 21.6 Å². The number of carbonyl (C=O) groups is 1. The van der Waals surface area contributed by atoms with E-state index in [0.717, 1.165) is 24.2 Å². The fourth-order valence-corrected chi connectivity index (χ4v) is 5.02. The lowest BCUT2D eigenvalue weighted by atomic mass is 10.1. The van der Waals surface area contributed by atoms with E-state index in [1.807, 2.05) is 43.1 Å². The largest absolute Gasteiger partial charge is 0.490 e. The molecule has 1 N–H and O–H groups in total. The van der Waals surface area contributed by atoms with Gasteiger partial charge in [0.05, 0.1) is 10.9 Å². The van der Waals surface area contributed by atoms with Gasteiger partial charge in [-0.25, -0.2) is 8.42 Å². The van der Waals surface area contributed by atoms with Crippen molar-refractivity contribution in [2.24, 2.45) is 0 Å². The number of likely N-dealkylation sites (N-methyl/N-ethyl adjacent to an activating group) is 1. The van der Waals surface area contributed by atoms with Crippen LogP contribution < -0.4 is 10.1 Å². The highest BCUT2D eigenvalue weighted by atomic mass is 32.2. The molecule has 32 heavy (non-hydrogen) atoms. The maximum atomic E-state index is 12.7. The molecule has 0 spiro atoms. The van der Waals surface area contributed by atoms with E-state index < -0.39 is 10.0 Å². The van der Waals surface area contributed by atoms with Crippen molar-refractivity contribution in [1.82, 2.24) is 9.21 Å². The average Bonchev–Trinajstić information content (AvgIpc) is 3.34. The van der Waals surface area contributed by atoms with Crippen LogP contribution in [0, 0.1) is 0 Å². The van der Waals surface area contributed by atoms with Crippen LogP contribution in [0.25, 0.3) is 0 Å². The van der Waals surface area contributed by atoms with Crippen LogP contribution in [-0.4, -0.2) is 56.3 Å². The predicted molar refractivity (Wildman–Crippen MR) is 126 cm³/mol. The molecule has 1 fully saturated rings. The summed E-state index contributed by atoms with van der Waals surface area (Å²) in [5, 5.41) is 2.87. The second-order valence-corrected chi connectivity index (χ2v) is 9.90. The molecule has 1 atom stereocenters. The summed E-state index contributed by atoms with van der Waals surface area (Å²) in [7, 11) is -1.57. The van der Waals surface area contributed by atoms with Gasteiger partial charge in [0.15, 0.2) is 0 Å². The highest BCUT2D eigenvalue weighted by Crippen LogP contribution is 2.22. The van der Waals surface area contributed by atoms with Gasteiger partial charge in [-0.3, -0.25) is 9.69 Å². The second-order valence-electron chi connectivity index (χ2n) is 7.96. The monoisotopic (exact) mass is 457 g/mol. The summed E-state index contributed by atoms with van der Waals surface area (Å²) >= 11 is 0. The molecule has 0 unspecified atom stereocenters. The van der Waals surface area contributed by atoms with Gasteiger partial charge in [0, 0.05) is 25.3 Å². The van der Waals surface area contributed by atoms with E-state index >= 15 is 0 Å². The standard InChI is InChI=1S/C24H31N3O4S/c1-4-17-31-22-11-7-20(8-12-22)18-26(3)19(2)24(28)25-21-9-13-23(14-10-21)32(29,30)27-15-5-6-16-27/h4,7-14,19H,1,5-6,15-18H2,2-3H3,(H,25,28)/t19-/m1/s1. The third-order valence-electron chi connectivity index (χ3n) is 5.59. The number of hydrogen-bond acceptors (Lipinski definition) is 5. The first-order valence-electron chi connectivity index (χ1n) is 10.7. The zero-order valence-electron chi connectivity index (χ0n) is 18.7. The Morgan fingerprint density at radius 1 is 1.16 bits per heavy atom. The summed E-state index contributed by atoms with van der Waals surface area (Å²) in [6, 6.07) is 13.7. The van der Waals surface area contributed by atoms with E-state index in [9.17, 15) is 13.2 Å². The molecule has 3 rings (SSSR count).